The van der Waals surface area contributed by atoms with Gasteiger partial charge in [-0.25, -0.2) is 0 Å². The van der Waals surface area contributed by atoms with Gasteiger partial charge in [-0.1, -0.05) is 30.3 Å². The number of carbonyl (C=O) groups is 3. The summed E-state index contributed by atoms with van der Waals surface area (Å²) in [6.45, 7) is 1.09. The minimum Gasteiger partial charge on any atom is -0.291 e. The van der Waals surface area contributed by atoms with Gasteiger partial charge in [-0.3, -0.25) is 14.4 Å². The van der Waals surface area contributed by atoms with Crippen LogP contribution in [-0.4, -0.2) is 17.3 Å². The molecule has 0 fully saturated rings. The highest BCUT2D eigenvalue weighted by molar-refractivity contribution is 6.66. The van der Waals surface area contributed by atoms with Crippen LogP contribution in [-0.2, 0) is 9.59 Å². The second-order valence-electron chi connectivity index (χ2n) is 2.58. The molecule has 66 valence electrons. The number of carbonyl (C=O) groups excluding carboxylic acids is 3. The molecule has 0 aliphatic carbocycles. The third kappa shape index (κ3) is 2.08. The van der Waals surface area contributed by atoms with Gasteiger partial charge in [0.1, 0.15) is 0 Å². The standard InChI is InChI=1S/C10H8O3/c1-7(11)9(12)10(13)8-5-3-2-4-6-8/h2-6H,1H3. The van der Waals surface area contributed by atoms with Crippen molar-refractivity contribution in [1.82, 2.24) is 0 Å². The van der Waals surface area contributed by atoms with Gasteiger partial charge < -0.3 is 0 Å². The molecule has 0 heterocycles. The van der Waals surface area contributed by atoms with Crippen molar-refractivity contribution in [3.8, 4) is 0 Å². The van der Waals surface area contributed by atoms with Crippen LogP contribution >= 0.6 is 0 Å². The predicted octanol–water partition coefficient (Wildman–Crippen LogP) is 1.03. The van der Waals surface area contributed by atoms with Crippen LogP contribution in [0.3, 0.4) is 0 Å². The number of benzene rings is 1. The number of ketones is 3. The predicted molar refractivity (Wildman–Crippen MR) is 46.5 cm³/mol. The van der Waals surface area contributed by atoms with E-state index in [1.807, 2.05) is 0 Å². The van der Waals surface area contributed by atoms with Gasteiger partial charge >= 0.3 is 0 Å². The fraction of sp³-hybridized carbons (Fsp3) is 0.100. The van der Waals surface area contributed by atoms with Crippen LogP contribution in [0.25, 0.3) is 0 Å². The highest BCUT2D eigenvalue weighted by Gasteiger charge is 2.19. The average molecular weight is 176 g/mol. The molecule has 0 saturated heterocycles. The summed E-state index contributed by atoms with van der Waals surface area (Å²) in [5.74, 6) is -2.44. The van der Waals surface area contributed by atoms with E-state index >= 15 is 0 Å². The quantitative estimate of drug-likeness (QED) is 0.392. The summed E-state index contributed by atoms with van der Waals surface area (Å²) in [5, 5.41) is 0. The van der Waals surface area contributed by atoms with Crippen molar-refractivity contribution < 1.29 is 14.4 Å². The van der Waals surface area contributed by atoms with Crippen molar-refractivity contribution >= 4 is 17.3 Å². The molecule has 0 saturated carbocycles. The molecule has 13 heavy (non-hydrogen) atoms. The van der Waals surface area contributed by atoms with Crippen molar-refractivity contribution in [3.63, 3.8) is 0 Å². The smallest absolute Gasteiger partial charge is 0.268 e. The molecule has 3 nitrogen and oxygen atoms in total. The van der Waals surface area contributed by atoms with Gasteiger partial charge in [0.2, 0.25) is 11.6 Å². The third-order valence-electron chi connectivity index (χ3n) is 1.56. The maximum Gasteiger partial charge on any atom is 0.268 e. The molecule has 0 aliphatic rings. The Kier molecular flexibility index (Phi) is 2.69. The van der Waals surface area contributed by atoms with Crippen LogP contribution in [0.5, 0.6) is 0 Å². The maximum atomic E-state index is 11.2. The first-order valence-corrected chi connectivity index (χ1v) is 3.77. The molecule has 0 radical (unpaired) electrons. The van der Waals surface area contributed by atoms with Crippen molar-refractivity contribution in [1.29, 1.82) is 0 Å². The van der Waals surface area contributed by atoms with Crippen LogP contribution in [0.1, 0.15) is 17.3 Å². The van der Waals surface area contributed by atoms with Crippen molar-refractivity contribution in [2.75, 3.05) is 0 Å². The molecule has 0 aliphatic heterocycles. The highest BCUT2D eigenvalue weighted by Crippen LogP contribution is 2.00. The van der Waals surface area contributed by atoms with E-state index in [1.54, 1.807) is 18.2 Å². The summed E-state index contributed by atoms with van der Waals surface area (Å²) in [5.41, 5.74) is 0.253. The van der Waals surface area contributed by atoms with Crippen molar-refractivity contribution in [2.45, 2.75) is 6.92 Å². The maximum absolute atomic E-state index is 11.2. The van der Waals surface area contributed by atoms with Gasteiger partial charge in [0.25, 0.3) is 5.78 Å². The summed E-state index contributed by atoms with van der Waals surface area (Å²) in [7, 11) is 0. The van der Waals surface area contributed by atoms with Crippen LogP contribution in [0.2, 0.25) is 0 Å². The third-order valence-corrected chi connectivity index (χ3v) is 1.56. The molecular formula is C10H8O3. The molecule has 0 aromatic heterocycles. The van der Waals surface area contributed by atoms with E-state index in [1.165, 1.54) is 12.1 Å². The minimum absolute atomic E-state index is 0.253. The highest BCUT2D eigenvalue weighted by atomic mass is 16.2. The molecule has 0 bridgehead atoms. The summed E-state index contributed by atoms with van der Waals surface area (Å²) < 4.78 is 0. The van der Waals surface area contributed by atoms with E-state index in [0.717, 1.165) is 6.92 Å². The van der Waals surface area contributed by atoms with Crippen LogP contribution in [0.4, 0.5) is 0 Å². The zero-order valence-electron chi connectivity index (χ0n) is 7.11. The van der Waals surface area contributed by atoms with E-state index in [9.17, 15) is 14.4 Å². The van der Waals surface area contributed by atoms with Crippen LogP contribution in [0, 0.1) is 0 Å². The molecule has 1 aromatic carbocycles. The van der Waals surface area contributed by atoms with Crippen molar-refractivity contribution in [2.24, 2.45) is 0 Å². The zero-order valence-corrected chi connectivity index (χ0v) is 7.11. The molecule has 1 rings (SSSR count). The Labute approximate surface area is 75.4 Å². The molecule has 3 heteroatoms. The SMILES string of the molecule is CC(=O)C(=O)C(=O)c1ccccc1. The molecule has 1 aromatic rings. The Morgan fingerprint density at radius 1 is 1.00 bits per heavy atom. The Morgan fingerprint density at radius 2 is 1.54 bits per heavy atom. The fourth-order valence-corrected chi connectivity index (χ4v) is 0.881. The lowest BCUT2D eigenvalue weighted by Gasteiger charge is -1.95. The number of hydrogen-bond acceptors (Lipinski definition) is 3. The van der Waals surface area contributed by atoms with E-state index in [0.29, 0.717) is 0 Å². The van der Waals surface area contributed by atoms with Gasteiger partial charge in [0, 0.05) is 12.5 Å². The van der Waals surface area contributed by atoms with Gasteiger partial charge in [0.05, 0.1) is 0 Å². The largest absolute Gasteiger partial charge is 0.291 e. The molecule has 0 unspecified atom stereocenters. The molecular weight excluding hydrogens is 168 g/mol. The Balaban J connectivity index is 2.93. The van der Waals surface area contributed by atoms with E-state index in [-0.39, 0.29) is 5.56 Å². The fourth-order valence-electron chi connectivity index (χ4n) is 0.881. The monoisotopic (exact) mass is 176 g/mol. The van der Waals surface area contributed by atoms with E-state index in [4.69, 9.17) is 0 Å². The molecule has 0 amide bonds. The Morgan fingerprint density at radius 3 is 2.00 bits per heavy atom. The van der Waals surface area contributed by atoms with Gasteiger partial charge in [-0.05, 0) is 0 Å². The average Bonchev–Trinajstić information content (AvgIpc) is 2.17. The van der Waals surface area contributed by atoms with E-state index < -0.39 is 17.3 Å². The first-order valence-electron chi connectivity index (χ1n) is 3.77. The second kappa shape index (κ2) is 3.76. The lowest BCUT2D eigenvalue weighted by atomic mass is 10.1. The lowest BCUT2D eigenvalue weighted by molar-refractivity contribution is -0.132. The minimum atomic E-state index is -0.966. The van der Waals surface area contributed by atoms with Crippen molar-refractivity contribution in [3.05, 3.63) is 35.9 Å². The summed E-state index contributed by atoms with van der Waals surface area (Å²) in [6.07, 6.45) is 0. The summed E-state index contributed by atoms with van der Waals surface area (Å²) >= 11 is 0. The number of Topliss-reactive ketones (excluding diaryl/α,β-unsaturated/α-hetero) is 3. The molecule has 0 N–H and O–H groups in total. The first kappa shape index (κ1) is 9.32. The zero-order chi connectivity index (χ0) is 9.84. The summed E-state index contributed by atoms with van der Waals surface area (Å²) in [4.78, 5) is 32.7. The first-order chi connectivity index (χ1) is 6.13. The number of rotatable bonds is 3. The van der Waals surface area contributed by atoms with Crippen LogP contribution in [0.15, 0.2) is 30.3 Å². The number of hydrogen-bond donors (Lipinski definition) is 0. The topological polar surface area (TPSA) is 51.2 Å². The molecule has 0 spiro atoms. The van der Waals surface area contributed by atoms with Gasteiger partial charge in [0.15, 0.2) is 0 Å². The van der Waals surface area contributed by atoms with Crippen LogP contribution < -0.4 is 0 Å². The summed E-state index contributed by atoms with van der Waals surface area (Å²) in [6, 6.07) is 8.02. The lowest BCUT2D eigenvalue weighted by Crippen LogP contribution is -2.21. The van der Waals surface area contributed by atoms with E-state index in [2.05, 4.69) is 0 Å². The second-order valence-corrected chi connectivity index (χ2v) is 2.58. The normalized spacial score (nSPS) is 9.31. The Hall–Kier alpha value is -1.77. The molecule has 0 atom stereocenters. The van der Waals surface area contributed by atoms with Gasteiger partial charge in [-0.2, -0.15) is 0 Å². The van der Waals surface area contributed by atoms with Gasteiger partial charge in [-0.15, -0.1) is 0 Å². The Bertz CT molecular complexity index is 352.